The van der Waals surface area contributed by atoms with Crippen LogP contribution in [0.25, 0.3) is 0 Å². The zero-order valence-electron chi connectivity index (χ0n) is 16.1. The molecule has 1 amide bonds. The average molecular weight is 353 g/mol. The zero-order valence-corrected chi connectivity index (χ0v) is 16.1. The second-order valence-corrected chi connectivity index (χ2v) is 7.43. The molecule has 4 nitrogen and oxygen atoms in total. The highest BCUT2D eigenvalue weighted by atomic mass is 16.1. The second kappa shape index (κ2) is 8.37. The van der Waals surface area contributed by atoms with Gasteiger partial charge < -0.3 is 15.1 Å². The van der Waals surface area contributed by atoms with Crippen molar-refractivity contribution >= 4 is 11.6 Å². The van der Waals surface area contributed by atoms with Crippen LogP contribution in [0.3, 0.4) is 0 Å². The van der Waals surface area contributed by atoms with Crippen molar-refractivity contribution in [1.82, 2.24) is 5.32 Å². The molecule has 0 unspecified atom stereocenters. The van der Waals surface area contributed by atoms with Crippen molar-refractivity contribution in [3.8, 4) is 0 Å². The van der Waals surface area contributed by atoms with E-state index >= 15 is 0 Å². The molecule has 1 aliphatic heterocycles. The Morgan fingerprint density at radius 1 is 1.08 bits per heavy atom. The molecular formula is C22H30N3O+. The van der Waals surface area contributed by atoms with Crippen LogP contribution < -0.4 is 15.1 Å². The van der Waals surface area contributed by atoms with E-state index in [1.807, 2.05) is 31.2 Å². The first-order valence-electron chi connectivity index (χ1n) is 9.52. The molecule has 4 heteroatoms. The fourth-order valence-corrected chi connectivity index (χ4v) is 3.80. The lowest BCUT2D eigenvalue weighted by atomic mass is 10.0. The van der Waals surface area contributed by atoms with Gasteiger partial charge in [-0.05, 0) is 30.7 Å². The Hall–Kier alpha value is -2.33. The van der Waals surface area contributed by atoms with Crippen LogP contribution in [0.1, 0.15) is 40.4 Å². The first kappa shape index (κ1) is 18.5. The lowest BCUT2D eigenvalue weighted by molar-refractivity contribution is -0.918. The largest absolute Gasteiger partial charge is 0.378 e. The number of carbonyl (C=O) groups excluding carboxylic acids is 1. The van der Waals surface area contributed by atoms with Gasteiger partial charge in [-0.3, -0.25) is 4.79 Å². The minimum absolute atomic E-state index is 0.0246. The third-order valence-corrected chi connectivity index (χ3v) is 5.41. The van der Waals surface area contributed by atoms with E-state index < -0.39 is 0 Å². The summed E-state index contributed by atoms with van der Waals surface area (Å²) >= 11 is 0. The zero-order chi connectivity index (χ0) is 18.5. The first-order chi connectivity index (χ1) is 12.6. The lowest BCUT2D eigenvalue weighted by Gasteiger charge is -2.26. The average Bonchev–Trinajstić information content (AvgIpc) is 3.17. The van der Waals surface area contributed by atoms with Crippen LogP contribution in [-0.2, 0) is 0 Å². The summed E-state index contributed by atoms with van der Waals surface area (Å²) in [5.74, 6) is 0.0246. The van der Waals surface area contributed by atoms with Crippen molar-refractivity contribution in [2.24, 2.45) is 0 Å². The molecule has 0 aliphatic carbocycles. The summed E-state index contributed by atoms with van der Waals surface area (Å²) in [4.78, 5) is 16.3. The molecule has 1 aliphatic rings. The number of anilines is 1. The quantitative estimate of drug-likeness (QED) is 0.836. The molecule has 0 saturated carbocycles. The van der Waals surface area contributed by atoms with Crippen LogP contribution in [0, 0.1) is 6.92 Å². The van der Waals surface area contributed by atoms with Gasteiger partial charge in [-0.15, -0.1) is 0 Å². The van der Waals surface area contributed by atoms with Crippen LogP contribution in [-0.4, -0.2) is 39.6 Å². The van der Waals surface area contributed by atoms with Crippen molar-refractivity contribution in [3.05, 3.63) is 65.2 Å². The fourth-order valence-electron chi connectivity index (χ4n) is 3.80. The van der Waals surface area contributed by atoms with Crippen LogP contribution >= 0.6 is 0 Å². The van der Waals surface area contributed by atoms with Crippen molar-refractivity contribution in [2.75, 3.05) is 38.6 Å². The van der Waals surface area contributed by atoms with Crippen molar-refractivity contribution in [3.63, 3.8) is 0 Å². The van der Waals surface area contributed by atoms with Crippen molar-refractivity contribution in [2.45, 2.75) is 25.8 Å². The van der Waals surface area contributed by atoms with E-state index in [0.717, 1.165) is 11.1 Å². The van der Waals surface area contributed by atoms with Gasteiger partial charge in [0, 0.05) is 43.8 Å². The Morgan fingerprint density at radius 3 is 2.35 bits per heavy atom. The van der Waals surface area contributed by atoms with E-state index in [-0.39, 0.29) is 5.91 Å². The molecule has 0 bridgehead atoms. The van der Waals surface area contributed by atoms with Gasteiger partial charge in [-0.25, -0.2) is 0 Å². The molecule has 2 N–H and O–H groups in total. The lowest BCUT2D eigenvalue weighted by Crippen LogP contribution is -3.11. The summed E-state index contributed by atoms with van der Waals surface area (Å²) in [5, 5.41) is 3.18. The van der Waals surface area contributed by atoms with Gasteiger partial charge in [-0.1, -0.05) is 30.3 Å². The summed E-state index contributed by atoms with van der Waals surface area (Å²) in [7, 11) is 4.11. The van der Waals surface area contributed by atoms with E-state index in [2.05, 4.69) is 48.6 Å². The minimum atomic E-state index is 0.0246. The van der Waals surface area contributed by atoms with E-state index in [1.165, 1.54) is 37.2 Å². The standard InChI is InChI=1S/C22H29N3O/c1-17-8-4-5-9-20(17)22(26)23-16-21(25-14-6-7-15-25)18-10-12-19(13-11-18)24(2)3/h4-5,8-13,21H,6-7,14-16H2,1-3H3,(H,23,26)/p+1/t21-/m1/s1. The van der Waals surface area contributed by atoms with Gasteiger partial charge >= 0.3 is 0 Å². The summed E-state index contributed by atoms with van der Waals surface area (Å²) in [6.45, 7) is 5.02. The third-order valence-electron chi connectivity index (χ3n) is 5.41. The molecule has 26 heavy (non-hydrogen) atoms. The molecular weight excluding hydrogens is 322 g/mol. The van der Waals surface area contributed by atoms with E-state index in [0.29, 0.717) is 12.6 Å². The summed E-state index contributed by atoms with van der Waals surface area (Å²) in [6.07, 6.45) is 2.54. The van der Waals surface area contributed by atoms with Crippen LogP contribution in [0.5, 0.6) is 0 Å². The summed E-state index contributed by atoms with van der Waals surface area (Å²) in [6, 6.07) is 16.8. The Labute approximate surface area is 156 Å². The van der Waals surface area contributed by atoms with E-state index in [1.54, 1.807) is 4.90 Å². The molecule has 3 rings (SSSR count). The van der Waals surface area contributed by atoms with Crippen LogP contribution in [0.4, 0.5) is 5.69 Å². The van der Waals surface area contributed by atoms with Gasteiger partial charge in [-0.2, -0.15) is 0 Å². The molecule has 1 saturated heterocycles. The number of quaternary nitrogens is 1. The Morgan fingerprint density at radius 2 is 1.73 bits per heavy atom. The highest BCUT2D eigenvalue weighted by molar-refractivity contribution is 5.95. The molecule has 1 heterocycles. The van der Waals surface area contributed by atoms with Gasteiger partial charge in [0.25, 0.3) is 5.91 Å². The maximum absolute atomic E-state index is 12.6. The smallest absolute Gasteiger partial charge is 0.251 e. The predicted molar refractivity (Wildman–Crippen MR) is 107 cm³/mol. The first-order valence-corrected chi connectivity index (χ1v) is 9.52. The fraction of sp³-hybridized carbons (Fsp3) is 0.409. The van der Waals surface area contributed by atoms with Crippen molar-refractivity contribution < 1.29 is 9.69 Å². The SMILES string of the molecule is Cc1ccccc1C(=O)NC[C@H](c1ccc(N(C)C)cc1)[NH+]1CCCC1. The molecule has 2 aromatic rings. The normalized spacial score (nSPS) is 15.7. The number of hydrogen-bond donors (Lipinski definition) is 2. The Kier molecular flexibility index (Phi) is 5.94. The summed E-state index contributed by atoms with van der Waals surface area (Å²) < 4.78 is 0. The number of nitrogens with one attached hydrogen (secondary N) is 2. The molecule has 0 spiro atoms. The van der Waals surface area contributed by atoms with Gasteiger partial charge in [0.05, 0.1) is 19.6 Å². The molecule has 0 radical (unpaired) electrons. The maximum atomic E-state index is 12.6. The van der Waals surface area contributed by atoms with Crippen LogP contribution in [0.2, 0.25) is 0 Å². The monoisotopic (exact) mass is 352 g/mol. The third kappa shape index (κ3) is 4.25. The number of carbonyl (C=O) groups is 1. The highest BCUT2D eigenvalue weighted by Gasteiger charge is 2.28. The number of amides is 1. The van der Waals surface area contributed by atoms with Gasteiger partial charge in [0.15, 0.2) is 0 Å². The minimum Gasteiger partial charge on any atom is -0.378 e. The summed E-state index contributed by atoms with van der Waals surface area (Å²) in [5.41, 5.74) is 4.29. The topological polar surface area (TPSA) is 36.8 Å². The Balaban J connectivity index is 1.74. The molecule has 0 aromatic heterocycles. The van der Waals surface area contributed by atoms with Crippen molar-refractivity contribution in [1.29, 1.82) is 0 Å². The Bertz CT molecular complexity index is 733. The maximum Gasteiger partial charge on any atom is 0.251 e. The number of hydrogen-bond acceptors (Lipinski definition) is 2. The van der Waals surface area contributed by atoms with Gasteiger partial charge in [0.1, 0.15) is 6.04 Å². The molecule has 1 atom stereocenters. The predicted octanol–water partition coefficient (Wildman–Crippen LogP) is 2.21. The number of benzene rings is 2. The number of nitrogens with zero attached hydrogens (tertiary/aromatic N) is 1. The highest BCUT2D eigenvalue weighted by Crippen LogP contribution is 2.17. The molecule has 138 valence electrons. The van der Waals surface area contributed by atoms with Crippen LogP contribution in [0.15, 0.2) is 48.5 Å². The molecule has 1 fully saturated rings. The van der Waals surface area contributed by atoms with E-state index in [4.69, 9.17) is 0 Å². The second-order valence-electron chi connectivity index (χ2n) is 7.43. The van der Waals surface area contributed by atoms with Gasteiger partial charge in [0.2, 0.25) is 0 Å². The number of aryl methyl sites for hydroxylation is 1. The molecule has 2 aromatic carbocycles. The van der Waals surface area contributed by atoms with E-state index in [9.17, 15) is 4.79 Å². The number of likely N-dealkylation sites (tertiary alicyclic amines) is 1. The number of rotatable bonds is 6.